The second-order valence-corrected chi connectivity index (χ2v) is 8.66. The fourth-order valence-corrected chi connectivity index (χ4v) is 3.29. The molecule has 0 heterocycles. The third kappa shape index (κ3) is 5.47. The molecule has 1 amide bonds. The summed E-state index contributed by atoms with van der Waals surface area (Å²) < 4.78 is 24.3. The number of sulfonamides is 1. The van der Waals surface area contributed by atoms with Crippen molar-refractivity contribution < 1.29 is 13.2 Å². The van der Waals surface area contributed by atoms with Crippen molar-refractivity contribution >= 4 is 33.2 Å². The highest BCUT2D eigenvalue weighted by atomic mass is 35.5. The fourth-order valence-electron chi connectivity index (χ4n) is 2.53. The molecule has 0 aliphatic rings. The monoisotopic (exact) mass is 394 g/mol. The molecule has 0 radical (unpaired) electrons. The molecular formula is C19H23ClN2O3S. The van der Waals surface area contributed by atoms with Crippen molar-refractivity contribution in [3.05, 3.63) is 64.2 Å². The van der Waals surface area contributed by atoms with Crippen LogP contribution in [-0.2, 0) is 16.4 Å². The maximum absolute atomic E-state index is 12.3. The number of nitrogens with zero attached hydrogens (tertiary/aromatic N) is 1. The molecule has 2 aromatic carbocycles. The maximum Gasteiger partial charge on any atom is 0.252 e. The number of hydrogen-bond donors (Lipinski definition) is 1. The first kappa shape index (κ1) is 20.3. The SMILES string of the molecule is Cc1cccc(CCCNC(=O)c2ccc(N(C)S(C)(=O)=O)cc2Cl)c1. The summed E-state index contributed by atoms with van der Waals surface area (Å²) in [5.74, 6) is -0.271. The molecule has 1 N–H and O–H groups in total. The number of nitrogens with one attached hydrogen (secondary N) is 1. The zero-order chi connectivity index (χ0) is 19.3. The molecule has 7 heteroatoms. The topological polar surface area (TPSA) is 66.5 Å². The lowest BCUT2D eigenvalue weighted by atomic mass is 10.1. The van der Waals surface area contributed by atoms with Crippen LogP contribution in [0.5, 0.6) is 0 Å². The first-order valence-electron chi connectivity index (χ1n) is 8.25. The molecule has 5 nitrogen and oxygen atoms in total. The number of amides is 1. The van der Waals surface area contributed by atoms with Gasteiger partial charge in [-0.1, -0.05) is 41.4 Å². The van der Waals surface area contributed by atoms with E-state index in [0.29, 0.717) is 17.8 Å². The second kappa shape index (κ2) is 8.56. The highest BCUT2D eigenvalue weighted by Gasteiger charge is 2.16. The van der Waals surface area contributed by atoms with Gasteiger partial charge in [0.1, 0.15) is 0 Å². The van der Waals surface area contributed by atoms with E-state index < -0.39 is 10.0 Å². The van der Waals surface area contributed by atoms with Gasteiger partial charge in [0.2, 0.25) is 10.0 Å². The van der Waals surface area contributed by atoms with Gasteiger partial charge in [0.25, 0.3) is 5.91 Å². The molecule has 0 aliphatic heterocycles. The zero-order valence-corrected chi connectivity index (χ0v) is 16.7. The Balaban J connectivity index is 1.93. The van der Waals surface area contributed by atoms with Crippen LogP contribution in [0, 0.1) is 6.92 Å². The van der Waals surface area contributed by atoms with Gasteiger partial charge in [-0.3, -0.25) is 9.10 Å². The average molecular weight is 395 g/mol. The van der Waals surface area contributed by atoms with Gasteiger partial charge in [0, 0.05) is 13.6 Å². The molecule has 0 atom stereocenters. The number of carbonyl (C=O) groups is 1. The van der Waals surface area contributed by atoms with Crippen LogP contribution < -0.4 is 9.62 Å². The van der Waals surface area contributed by atoms with Crippen molar-refractivity contribution in [1.82, 2.24) is 5.32 Å². The first-order chi connectivity index (χ1) is 12.2. The number of carbonyl (C=O) groups excluding carboxylic acids is 1. The Morgan fingerprint density at radius 1 is 1.19 bits per heavy atom. The minimum Gasteiger partial charge on any atom is -0.352 e. The molecule has 0 saturated heterocycles. The quantitative estimate of drug-likeness (QED) is 0.732. The molecule has 0 aromatic heterocycles. The van der Waals surface area contributed by atoms with Crippen molar-refractivity contribution in [2.45, 2.75) is 19.8 Å². The smallest absolute Gasteiger partial charge is 0.252 e. The minimum atomic E-state index is -3.38. The lowest BCUT2D eigenvalue weighted by Gasteiger charge is -2.17. The molecule has 0 fully saturated rings. The Morgan fingerprint density at radius 2 is 1.92 bits per heavy atom. The molecule has 0 spiro atoms. The van der Waals surface area contributed by atoms with Crippen LogP contribution in [0.25, 0.3) is 0 Å². The summed E-state index contributed by atoms with van der Waals surface area (Å²) in [7, 11) is -1.94. The van der Waals surface area contributed by atoms with E-state index in [4.69, 9.17) is 11.6 Å². The summed E-state index contributed by atoms with van der Waals surface area (Å²) in [6, 6.07) is 12.9. The van der Waals surface area contributed by atoms with Crippen LogP contribution in [0.2, 0.25) is 5.02 Å². The van der Waals surface area contributed by atoms with Crippen LogP contribution in [0.3, 0.4) is 0 Å². The van der Waals surface area contributed by atoms with Crippen molar-refractivity contribution in [3.63, 3.8) is 0 Å². The van der Waals surface area contributed by atoms with Crippen LogP contribution in [0.1, 0.15) is 27.9 Å². The van der Waals surface area contributed by atoms with Crippen LogP contribution in [0.15, 0.2) is 42.5 Å². The Kier molecular flexibility index (Phi) is 6.67. The molecule has 0 aliphatic carbocycles. The van der Waals surface area contributed by atoms with Crippen LogP contribution in [0.4, 0.5) is 5.69 Å². The first-order valence-corrected chi connectivity index (χ1v) is 10.5. The molecule has 140 valence electrons. The molecule has 2 aromatic rings. The number of hydrogen-bond acceptors (Lipinski definition) is 3. The number of aryl methyl sites for hydroxylation is 2. The Labute approximate surface area is 160 Å². The van der Waals surface area contributed by atoms with Crippen molar-refractivity contribution in [2.75, 3.05) is 24.2 Å². The highest BCUT2D eigenvalue weighted by Crippen LogP contribution is 2.24. The molecule has 0 unspecified atom stereocenters. The van der Waals surface area contributed by atoms with Gasteiger partial charge >= 0.3 is 0 Å². The van der Waals surface area contributed by atoms with Gasteiger partial charge < -0.3 is 5.32 Å². The van der Waals surface area contributed by atoms with Gasteiger partial charge in [0.15, 0.2) is 0 Å². The molecule has 0 bridgehead atoms. The zero-order valence-electron chi connectivity index (χ0n) is 15.1. The van der Waals surface area contributed by atoms with E-state index in [1.807, 2.05) is 6.07 Å². The van der Waals surface area contributed by atoms with E-state index in [1.54, 1.807) is 6.07 Å². The van der Waals surface area contributed by atoms with E-state index >= 15 is 0 Å². The Morgan fingerprint density at radius 3 is 2.54 bits per heavy atom. The fraction of sp³-hybridized carbons (Fsp3) is 0.316. The standard InChI is InChI=1S/C19H23ClN2O3S/c1-14-6-4-7-15(12-14)8-5-11-21-19(23)17-10-9-16(13-18(17)20)22(2)26(3,24)25/h4,6-7,9-10,12-13H,5,8,11H2,1-3H3,(H,21,23). The van der Waals surface area contributed by atoms with E-state index in [-0.39, 0.29) is 10.9 Å². The number of anilines is 1. The van der Waals surface area contributed by atoms with Gasteiger partial charge in [-0.15, -0.1) is 0 Å². The van der Waals surface area contributed by atoms with Crippen molar-refractivity contribution in [3.8, 4) is 0 Å². The van der Waals surface area contributed by atoms with E-state index in [0.717, 1.165) is 23.4 Å². The summed E-state index contributed by atoms with van der Waals surface area (Å²) >= 11 is 6.16. The van der Waals surface area contributed by atoms with Crippen LogP contribution >= 0.6 is 11.6 Å². The van der Waals surface area contributed by atoms with E-state index in [1.165, 1.54) is 30.3 Å². The highest BCUT2D eigenvalue weighted by molar-refractivity contribution is 7.92. The lowest BCUT2D eigenvalue weighted by Crippen LogP contribution is -2.26. The molecule has 0 saturated carbocycles. The van der Waals surface area contributed by atoms with Crippen molar-refractivity contribution in [1.29, 1.82) is 0 Å². The second-order valence-electron chi connectivity index (χ2n) is 6.24. The van der Waals surface area contributed by atoms with Gasteiger partial charge in [-0.05, 0) is 43.5 Å². The third-order valence-electron chi connectivity index (χ3n) is 4.07. The molecular weight excluding hydrogens is 372 g/mol. The summed E-state index contributed by atoms with van der Waals surface area (Å²) in [6.45, 7) is 2.59. The predicted octanol–water partition coefficient (Wildman–Crippen LogP) is 3.41. The summed E-state index contributed by atoms with van der Waals surface area (Å²) in [5, 5.41) is 3.07. The number of halogens is 1. The van der Waals surface area contributed by atoms with Crippen molar-refractivity contribution in [2.24, 2.45) is 0 Å². The number of rotatable bonds is 7. The summed E-state index contributed by atoms with van der Waals surface area (Å²) in [6.07, 6.45) is 2.81. The van der Waals surface area contributed by atoms with E-state index in [2.05, 4.69) is 30.4 Å². The predicted molar refractivity (Wildman–Crippen MR) is 107 cm³/mol. The van der Waals surface area contributed by atoms with Gasteiger partial charge in [0.05, 0.1) is 22.5 Å². The average Bonchev–Trinajstić information content (AvgIpc) is 2.57. The van der Waals surface area contributed by atoms with Crippen LogP contribution in [-0.4, -0.2) is 34.2 Å². The van der Waals surface area contributed by atoms with Gasteiger partial charge in [-0.2, -0.15) is 0 Å². The minimum absolute atomic E-state index is 0.217. The largest absolute Gasteiger partial charge is 0.352 e. The third-order valence-corrected chi connectivity index (χ3v) is 5.59. The summed E-state index contributed by atoms with van der Waals surface area (Å²) in [4.78, 5) is 12.3. The molecule has 26 heavy (non-hydrogen) atoms. The molecule has 2 rings (SSSR count). The Bertz CT molecular complexity index is 897. The summed E-state index contributed by atoms with van der Waals surface area (Å²) in [5.41, 5.74) is 3.20. The van der Waals surface area contributed by atoms with Gasteiger partial charge in [-0.25, -0.2) is 8.42 Å². The maximum atomic E-state index is 12.3. The lowest BCUT2D eigenvalue weighted by molar-refractivity contribution is 0.0953. The Hall–Kier alpha value is -2.05. The number of benzene rings is 2. The van der Waals surface area contributed by atoms with E-state index in [9.17, 15) is 13.2 Å². The normalized spacial score (nSPS) is 11.2.